The first-order chi connectivity index (χ1) is 33.1. The van der Waals surface area contributed by atoms with Crippen molar-refractivity contribution in [1.82, 2.24) is 29.1 Å². The molecule has 0 aliphatic heterocycles. The van der Waals surface area contributed by atoms with Crippen LogP contribution in [0.15, 0.2) is 148 Å². The van der Waals surface area contributed by atoms with Crippen LogP contribution in [0.25, 0.3) is 65.9 Å². The number of hydrogen-bond acceptors (Lipinski definition) is 6. The maximum atomic E-state index is 13.5. The van der Waals surface area contributed by atoms with Gasteiger partial charge in [-0.3, -0.25) is 14.4 Å². The number of alkyl halides is 3. The van der Waals surface area contributed by atoms with Gasteiger partial charge in [0.05, 0.1) is 24.2 Å². The van der Waals surface area contributed by atoms with E-state index < -0.39 is 29.2 Å². The summed E-state index contributed by atoms with van der Waals surface area (Å²) in [5.74, 6) is -2.58. The molecule has 69 heavy (non-hydrogen) atoms. The number of carboxylic acid groups (broad SMARTS) is 2. The second-order valence-corrected chi connectivity index (χ2v) is 16.0. The van der Waals surface area contributed by atoms with Crippen molar-refractivity contribution in [3.8, 4) is 22.3 Å². The SMILES string of the molecule is CC.Cc1ccc2c(-c3ccc[nH]c3=O)c(C(=O)O)n(Cc3cc4ccccc4[nH]c3=O)c2c1.O=C(O)c1c(-c2ccc[nH]c2=O)c2cc(C(F)(F)F)ccc2n1Cc1cc2ccccc2nc1Cl. The van der Waals surface area contributed by atoms with Crippen LogP contribution in [0, 0.1) is 6.92 Å². The molecule has 6 heterocycles. The van der Waals surface area contributed by atoms with Crippen LogP contribution in [0.3, 0.4) is 0 Å². The van der Waals surface area contributed by atoms with Crippen molar-refractivity contribution in [1.29, 1.82) is 0 Å². The fourth-order valence-corrected chi connectivity index (χ4v) is 8.65. The number of H-pyrrole nitrogens is 3. The zero-order chi connectivity index (χ0) is 49.3. The number of nitrogens with one attached hydrogen (secondary N) is 3. The van der Waals surface area contributed by atoms with E-state index in [1.165, 1.54) is 35.2 Å². The zero-order valence-electron chi connectivity index (χ0n) is 36.9. The van der Waals surface area contributed by atoms with Crippen LogP contribution in [-0.2, 0) is 19.3 Å². The summed E-state index contributed by atoms with van der Waals surface area (Å²) in [4.78, 5) is 75.1. The average Bonchev–Trinajstić information content (AvgIpc) is 3.82. The van der Waals surface area contributed by atoms with Gasteiger partial charge in [-0.25, -0.2) is 14.6 Å². The van der Waals surface area contributed by atoms with Crippen molar-refractivity contribution in [3.63, 3.8) is 0 Å². The molecule has 0 fully saturated rings. The normalized spacial score (nSPS) is 11.3. The number of carboxylic acids is 2. The summed E-state index contributed by atoms with van der Waals surface area (Å²) in [7, 11) is 0. The Labute approximate surface area is 393 Å². The summed E-state index contributed by atoms with van der Waals surface area (Å²) in [6.07, 6.45) is -1.80. The summed E-state index contributed by atoms with van der Waals surface area (Å²) in [5, 5.41) is 22.7. The molecule has 0 spiro atoms. The summed E-state index contributed by atoms with van der Waals surface area (Å²) in [6.45, 7) is 5.87. The molecule has 0 saturated heterocycles. The number of halogens is 4. The molecule has 0 aliphatic carbocycles. The minimum atomic E-state index is -4.66. The van der Waals surface area contributed by atoms with E-state index in [2.05, 4.69) is 19.9 Å². The molecule has 10 rings (SSSR count). The van der Waals surface area contributed by atoms with Crippen LogP contribution in [0.5, 0.6) is 0 Å². The smallest absolute Gasteiger partial charge is 0.416 e. The molecule has 4 aromatic carbocycles. The Morgan fingerprint density at radius 1 is 0.638 bits per heavy atom. The number of aromatic nitrogens is 6. The first-order valence-corrected chi connectivity index (χ1v) is 21.8. The molecule has 0 aliphatic rings. The van der Waals surface area contributed by atoms with E-state index in [-0.39, 0.29) is 68.3 Å². The van der Waals surface area contributed by atoms with Gasteiger partial charge in [-0.2, -0.15) is 13.2 Å². The van der Waals surface area contributed by atoms with Crippen molar-refractivity contribution in [2.45, 2.75) is 40.0 Å². The number of para-hydroxylation sites is 2. The van der Waals surface area contributed by atoms with Crippen molar-refractivity contribution in [2.75, 3.05) is 0 Å². The molecule has 17 heteroatoms. The Kier molecular flexibility index (Phi) is 13.0. The molecule has 0 radical (unpaired) electrons. The highest BCUT2D eigenvalue weighted by Gasteiger charge is 2.33. The molecule has 0 unspecified atom stereocenters. The quantitative estimate of drug-likeness (QED) is 0.0928. The third-order valence-corrected chi connectivity index (χ3v) is 11.8. The van der Waals surface area contributed by atoms with E-state index in [4.69, 9.17) is 11.6 Å². The highest BCUT2D eigenvalue weighted by Crippen LogP contribution is 2.39. The fraction of sp³-hybridized carbons (Fsp3) is 0.115. The van der Waals surface area contributed by atoms with E-state index >= 15 is 0 Å². The van der Waals surface area contributed by atoms with Gasteiger partial charge in [0.25, 0.3) is 16.7 Å². The van der Waals surface area contributed by atoms with Gasteiger partial charge in [0.1, 0.15) is 16.5 Å². The van der Waals surface area contributed by atoms with Crippen LogP contribution in [0.2, 0.25) is 5.15 Å². The number of carbonyl (C=O) groups is 2. The lowest BCUT2D eigenvalue weighted by Gasteiger charge is -2.12. The number of rotatable bonds is 8. The Hall–Kier alpha value is -8.50. The molecule has 0 saturated carbocycles. The molecule has 0 amide bonds. The molecule has 10 aromatic rings. The second kappa shape index (κ2) is 19.0. The predicted octanol–water partition coefficient (Wildman–Crippen LogP) is 10.9. The number of aromatic amines is 3. The molecule has 348 valence electrons. The second-order valence-electron chi connectivity index (χ2n) is 15.6. The standard InChI is InChI=1S/C25H15ClF3N3O3.C25H19N3O4.C2H6/c26-22-14(10-13-4-1-2-6-18(13)31-22)12-32-19-8-7-15(25(27,28)29)11-17(19)20(21(32)24(34)35)16-5-3-9-30-23(16)33;1-14-8-9-17-20(11-14)28(13-16-12-15-5-2-3-7-19(15)27-23(16)29)22(25(31)32)21(17)18-6-4-10-26-24(18)30;1-2/h1-11H,12H2,(H,30,33)(H,34,35);2-12H,13H2,1H3,(H,26,30)(H,27,29)(H,31,32);1-2H3. The van der Waals surface area contributed by atoms with Gasteiger partial charge in [-0.05, 0) is 90.7 Å². The van der Waals surface area contributed by atoms with Crippen molar-refractivity contribution in [2.24, 2.45) is 0 Å². The Bertz CT molecular complexity index is 3830. The first-order valence-electron chi connectivity index (χ1n) is 21.4. The van der Waals surface area contributed by atoms with Gasteiger partial charge < -0.3 is 34.3 Å². The van der Waals surface area contributed by atoms with E-state index in [1.54, 1.807) is 41.0 Å². The lowest BCUT2D eigenvalue weighted by Crippen LogP contribution is -2.18. The average molecular weight is 953 g/mol. The number of benzene rings is 4. The first kappa shape index (κ1) is 47.0. The largest absolute Gasteiger partial charge is 0.477 e. The van der Waals surface area contributed by atoms with E-state index in [9.17, 15) is 47.4 Å². The van der Waals surface area contributed by atoms with E-state index in [1.807, 2.05) is 75.4 Å². The third kappa shape index (κ3) is 9.04. The van der Waals surface area contributed by atoms with Crippen LogP contribution in [0.4, 0.5) is 13.2 Å². The fourth-order valence-electron chi connectivity index (χ4n) is 8.44. The monoisotopic (exact) mass is 952 g/mol. The summed E-state index contributed by atoms with van der Waals surface area (Å²) in [5.41, 5.74) is 1.87. The van der Waals surface area contributed by atoms with Gasteiger partial charge >= 0.3 is 18.1 Å². The lowest BCUT2D eigenvalue weighted by atomic mass is 10.0. The molecule has 13 nitrogen and oxygen atoms in total. The van der Waals surface area contributed by atoms with Gasteiger partial charge in [-0.15, -0.1) is 0 Å². The Balaban J connectivity index is 0.000000180. The maximum Gasteiger partial charge on any atom is 0.416 e. The van der Waals surface area contributed by atoms with Crippen LogP contribution in [-0.4, -0.2) is 51.2 Å². The molecular weight excluding hydrogens is 913 g/mol. The number of hydrogen-bond donors (Lipinski definition) is 5. The lowest BCUT2D eigenvalue weighted by molar-refractivity contribution is -0.137. The maximum absolute atomic E-state index is 13.5. The summed E-state index contributed by atoms with van der Waals surface area (Å²) < 4.78 is 43.5. The topological polar surface area (TPSA) is 196 Å². The van der Waals surface area contributed by atoms with Gasteiger partial charge in [-0.1, -0.05) is 74.0 Å². The van der Waals surface area contributed by atoms with Gasteiger partial charge in [0.15, 0.2) is 0 Å². The molecule has 6 aromatic heterocycles. The number of aromatic carboxylic acids is 2. The zero-order valence-corrected chi connectivity index (χ0v) is 37.7. The highest BCUT2D eigenvalue weighted by atomic mass is 35.5. The molecular formula is C52H40ClF3N6O7. The summed E-state index contributed by atoms with van der Waals surface area (Å²) >= 11 is 6.39. The molecule has 0 bridgehead atoms. The van der Waals surface area contributed by atoms with Gasteiger partial charge in [0.2, 0.25) is 0 Å². The molecule has 0 atom stereocenters. The van der Waals surface area contributed by atoms with Crippen LogP contribution < -0.4 is 16.7 Å². The van der Waals surface area contributed by atoms with E-state index in [0.29, 0.717) is 38.6 Å². The number of aryl methyl sites for hydroxylation is 1. The molecule has 5 N–H and O–H groups in total. The third-order valence-electron chi connectivity index (χ3n) is 11.4. The minimum absolute atomic E-state index is 0.0150. The van der Waals surface area contributed by atoms with Crippen LogP contribution >= 0.6 is 11.6 Å². The van der Waals surface area contributed by atoms with Gasteiger partial charge in [0, 0.05) is 78.5 Å². The highest BCUT2D eigenvalue weighted by molar-refractivity contribution is 6.30. The number of pyridine rings is 4. The number of nitrogens with zero attached hydrogens (tertiary/aromatic N) is 3. The Morgan fingerprint density at radius 3 is 1.83 bits per heavy atom. The Morgan fingerprint density at radius 2 is 1.20 bits per heavy atom. The van der Waals surface area contributed by atoms with Crippen LogP contribution in [0.1, 0.15) is 57.1 Å². The van der Waals surface area contributed by atoms with Crippen molar-refractivity contribution >= 4 is 67.2 Å². The van der Waals surface area contributed by atoms with E-state index in [0.717, 1.165) is 28.5 Å². The number of fused-ring (bicyclic) bond motifs is 4. The minimum Gasteiger partial charge on any atom is -0.477 e. The summed E-state index contributed by atoms with van der Waals surface area (Å²) in [6, 6.07) is 32.8. The van der Waals surface area contributed by atoms with Crippen molar-refractivity contribution in [3.05, 3.63) is 204 Å². The predicted molar refractivity (Wildman–Crippen MR) is 261 cm³/mol. The van der Waals surface area contributed by atoms with Crippen molar-refractivity contribution < 1.29 is 33.0 Å².